The maximum Gasteiger partial charge on any atom is 0.158 e. The molecule has 1 aliphatic carbocycles. The molecule has 0 N–H and O–H groups in total. The van der Waals surface area contributed by atoms with E-state index in [-0.39, 0.29) is 6.29 Å². The molecule has 0 aromatic heterocycles. The van der Waals surface area contributed by atoms with Gasteiger partial charge in [0.25, 0.3) is 0 Å². The Morgan fingerprint density at radius 2 is 2.08 bits per heavy atom. The van der Waals surface area contributed by atoms with Crippen molar-refractivity contribution in [1.82, 2.24) is 0 Å². The molecule has 0 aromatic carbocycles. The van der Waals surface area contributed by atoms with Crippen molar-refractivity contribution >= 4 is 0 Å². The van der Waals surface area contributed by atoms with Gasteiger partial charge in [0.15, 0.2) is 6.29 Å². The van der Waals surface area contributed by atoms with Gasteiger partial charge in [0.2, 0.25) is 0 Å². The first-order valence-electron chi connectivity index (χ1n) is 5.61. The summed E-state index contributed by atoms with van der Waals surface area (Å²) in [6, 6.07) is 0. The molecule has 13 heavy (non-hydrogen) atoms. The first-order valence-corrected chi connectivity index (χ1v) is 5.61. The maximum atomic E-state index is 5.90. The van der Waals surface area contributed by atoms with E-state index in [1.165, 1.54) is 32.1 Å². The van der Waals surface area contributed by atoms with Crippen LogP contribution in [0.15, 0.2) is 0 Å². The van der Waals surface area contributed by atoms with Gasteiger partial charge >= 0.3 is 0 Å². The molecule has 1 aliphatic heterocycles. The van der Waals surface area contributed by atoms with E-state index in [2.05, 4.69) is 6.92 Å². The molecule has 1 saturated carbocycles. The summed E-state index contributed by atoms with van der Waals surface area (Å²) in [6.45, 7) is 3.22. The minimum atomic E-state index is 0.121. The molecule has 2 heteroatoms. The average molecular weight is 184 g/mol. The van der Waals surface area contributed by atoms with Gasteiger partial charge in [-0.3, -0.25) is 0 Å². The van der Waals surface area contributed by atoms with Gasteiger partial charge in [-0.25, -0.2) is 0 Å². The van der Waals surface area contributed by atoms with Gasteiger partial charge in [-0.05, 0) is 25.2 Å². The van der Waals surface area contributed by atoms with E-state index in [0.717, 1.165) is 18.9 Å². The average Bonchev–Trinajstić information content (AvgIpc) is 2.57. The van der Waals surface area contributed by atoms with Crippen molar-refractivity contribution in [2.75, 3.05) is 6.61 Å². The molecule has 2 aliphatic rings. The molecule has 3 atom stereocenters. The molecule has 76 valence electrons. The first kappa shape index (κ1) is 9.47. The van der Waals surface area contributed by atoms with Crippen molar-refractivity contribution < 1.29 is 9.47 Å². The first-order chi connectivity index (χ1) is 6.34. The summed E-state index contributed by atoms with van der Waals surface area (Å²) in [5.41, 5.74) is 0. The lowest BCUT2D eigenvalue weighted by atomic mass is 9.89. The van der Waals surface area contributed by atoms with Crippen LogP contribution in [-0.2, 0) is 9.47 Å². The smallest absolute Gasteiger partial charge is 0.158 e. The molecule has 1 heterocycles. The highest BCUT2D eigenvalue weighted by molar-refractivity contribution is 4.71. The Bertz CT molecular complexity index is 152. The highest BCUT2D eigenvalue weighted by atomic mass is 16.7. The fourth-order valence-electron chi connectivity index (χ4n) is 2.37. The Morgan fingerprint density at radius 1 is 1.15 bits per heavy atom. The third kappa shape index (κ3) is 2.68. The van der Waals surface area contributed by atoms with Crippen LogP contribution in [0.25, 0.3) is 0 Å². The minimum absolute atomic E-state index is 0.121. The Hall–Kier alpha value is -0.0800. The molecule has 0 aromatic rings. The monoisotopic (exact) mass is 184 g/mol. The van der Waals surface area contributed by atoms with Gasteiger partial charge in [-0.15, -0.1) is 0 Å². The molecular weight excluding hydrogens is 164 g/mol. The Balaban J connectivity index is 1.73. The second-order valence-corrected chi connectivity index (χ2v) is 4.47. The number of hydrogen-bond acceptors (Lipinski definition) is 2. The van der Waals surface area contributed by atoms with Crippen LogP contribution < -0.4 is 0 Å². The van der Waals surface area contributed by atoms with Crippen LogP contribution in [0.3, 0.4) is 0 Å². The van der Waals surface area contributed by atoms with E-state index < -0.39 is 0 Å². The van der Waals surface area contributed by atoms with Crippen LogP contribution >= 0.6 is 0 Å². The van der Waals surface area contributed by atoms with Gasteiger partial charge in [-0.1, -0.05) is 19.8 Å². The topological polar surface area (TPSA) is 18.5 Å². The molecular formula is C11H20O2. The molecule has 2 rings (SSSR count). The molecule has 1 saturated heterocycles. The number of rotatable bonds is 2. The summed E-state index contributed by atoms with van der Waals surface area (Å²) in [4.78, 5) is 0. The Labute approximate surface area is 80.6 Å². The molecule has 0 radical (unpaired) electrons. The van der Waals surface area contributed by atoms with Crippen molar-refractivity contribution in [3.05, 3.63) is 0 Å². The zero-order valence-electron chi connectivity index (χ0n) is 8.50. The van der Waals surface area contributed by atoms with Crippen molar-refractivity contribution in [3.63, 3.8) is 0 Å². The summed E-state index contributed by atoms with van der Waals surface area (Å²) in [7, 11) is 0. The maximum absolute atomic E-state index is 5.90. The fraction of sp³-hybridized carbons (Fsp3) is 1.00. The van der Waals surface area contributed by atoms with Crippen molar-refractivity contribution in [2.45, 2.75) is 57.8 Å². The highest BCUT2D eigenvalue weighted by Crippen LogP contribution is 2.28. The zero-order valence-corrected chi connectivity index (χ0v) is 8.50. The standard InChI is InChI=1S/C11H20O2/c1-9-4-2-5-10(8-9)13-11-6-3-7-12-11/h9-11H,2-8H2,1H3/t9-,10-,11?/m0/s1. The lowest BCUT2D eigenvalue weighted by Crippen LogP contribution is -2.26. The largest absolute Gasteiger partial charge is 0.353 e. The predicted octanol–water partition coefficient (Wildman–Crippen LogP) is 2.72. The van der Waals surface area contributed by atoms with Crippen molar-refractivity contribution in [3.8, 4) is 0 Å². The SMILES string of the molecule is C[C@H]1CCC[C@H](OC2CCCO2)C1. The summed E-state index contributed by atoms with van der Waals surface area (Å²) in [5.74, 6) is 0.847. The van der Waals surface area contributed by atoms with E-state index in [9.17, 15) is 0 Å². The summed E-state index contributed by atoms with van der Waals surface area (Å²) < 4.78 is 11.4. The van der Waals surface area contributed by atoms with Crippen LogP contribution in [0.1, 0.15) is 45.4 Å². The van der Waals surface area contributed by atoms with Crippen LogP contribution in [0.4, 0.5) is 0 Å². The molecule has 1 unspecified atom stereocenters. The Kier molecular flexibility index (Phi) is 3.23. The van der Waals surface area contributed by atoms with Gasteiger partial charge < -0.3 is 9.47 Å². The van der Waals surface area contributed by atoms with Crippen molar-refractivity contribution in [2.24, 2.45) is 5.92 Å². The quantitative estimate of drug-likeness (QED) is 0.657. The fourth-order valence-corrected chi connectivity index (χ4v) is 2.37. The second kappa shape index (κ2) is 4.43. The third-order valence-electron chi connectivity index (χ3n) is 3.12. The van der Waals surface area contributed by atoms with Crippen LogP contribution in [0, 0.1) is 5.92 Å². The number of ether oxygens (including phenoxy) is 2. The molecule has 2 nitrogen and oxygen atoms in total. The zero-order chi connectivity index (χ0) is 9.10. The van der Waals surface area contributed by atoms with E-state index in [1.54, 1.807) is 0 Å². The Morgan fingerprint density at radius 3 is 2.77 bits per heavy atom. The van der Waals surface area contributed by atoms with Crippen LogP contribution in [-0.4, -0.2) is 19.0 Å². The normalized spacial score (nSPS) is 40.8. The minimum Gasteiger partial charge on any atom is -0.353 e. The summed E-state index contributed by atoms with van der Waals surface area (Å²) in [5, 5.41) is 0. The third-order valence-corrected chi connectivity index (χ3v) is 3.12. The second-order valence-electron chi connectivity index (χ2n) is 4.47. The lowest BCUT2D eigenvalue weighted by molar-refractivity contribution is -0.154. The van der Waals surface area contributed by atoms with E-state index >= 15 is 0 Å². The van der Waals surface area contributed by atoms with Gasteiger partial charge in [-0.2, -0.15) is 0 Å². The summed E-state index contributed by atoms with van der Waals surface area (Å²) in [6.07, 6.45) is 8.06. The van der Waals surface area contributed by atoms with E-state index in [4.69, 9.17) is 9.47 Å². The molecule has 2 fully saturated rings. The molecule has 0 bridgehead atoms. The van der Waals surface area contributed by atoms with Gasteiger partial charge in [0, 0.05) is 13.0 Å². The predicted molar refractivity (Wildman–Crippen MR) is 51.5 cm³/mol. The van der Waals surface area contributed by atoms with E-state index in [1.807, 2.05) is 0 Å². The highest BCUT2D eigenvalue weighted by Gasteiger charge is 2.24. The van der Waals surface area contributed by atoms with Crippen molar-refractivity contribution in [1.29, 1.82) is 0 Å². The van der Waals surface area contributed by atoms with Gasteiger partial charge in [0.05, 0.1) is 6.10 Å². The van der Waals surface area contributed by atoms with Crippen LogP contribution in [0.2, 0.25) is 0 Å². The summed E-state index contributed by atoms with van der Waals surface area (Å²) >= 11 is 0. The lowest BCUT2D eigenvalue weighted by Gasteiger charge is -2.28. The number of hydrogen-bond donors (Lipinski definition) is 0. The van der Waals surface area contributed by atoms with Gasteiger partial charge in [0.1, 0.15) is 0 Å². The molecule has 0 spiro atoms. The molecule has 0 amide bonds. The van der Waals surface area contributed by atoms with E-state index in [0.29, 0.717) is 6.10 Å². The van der Waals surface area contributed by atoms with Crippen LogP contribution in [0.5, 0.6) is 0 Å².